The maximum Gasteiger partial charge on any atom is 0.269 e. The standard InChI is InChI=1S/C20H19BrN8O3/c21-15-3-1-14(2-4-15)13-22-27-19-24-18(23-16-5-7-17(8-6-16)29(30)31)25-20(26-19)28-9-11-32-12-10-28/h1-8,13H,9-12H2,(H2,23,24,25,26,27)/b22-13-. The molecule has 0 amide bonds. The number of non-ortho nitro benzene ring substituents is 1. The molecule has 3 aromatic rings. The van der Waals surface area contributed by atoms with Crippen molar-refractivity contribution in [2.75, 3.05) is 41.9 Å². The smallest absolute Gasteiger partial charge is 0.269 e. The lowest BCUT2D eigenvalue weighted by Crippen LogP contribution is -2.37. The number of aromatic nitrogens is 3. The van der Waals surface area contributed by atoms with Gasteiger partial charge < -0.3 is 15.0 Å². The third-order valence-corrected chi connectivity index (χ3v) is 5.03. The third kappa shape index (κ3) is 5.74. The average Bonchev–Trinajstić information content (AvgIpc) is 2.81. The van der Waals surface area contributed by atoms with Gasteiger partial charge in [-0.05, 0) is 29.8 Å². The number of hydrogen-bond acceptors (Lipinski definition) is 10. The van der Waals surface area contributed by atoms with Crippen molar-refractivity contribution in [2.24, 2.45) is 5.10 Å². The van der Waals surface area contributed by atoms with Gasteiger partial charge in [-0.3, -0.25) is 10.1 Å². The Morgan fingerprint density at radius 2 is 1.72 bits per heavy atom. The van der Waals surface area contributed by atoms with Crippen LogP contribution in [0.15, 0.2) is 58.1 Å². The maximum atomic E-state index is 10.9. The number of benzene rings is 2. The first-order valence-electron chi connectivity index (χ1n) is 9.72. The zero-order chi connectivity index (χ0) is 22.3. The van der Waals surface area contributed by atoms with Crippen molar-refractivity contribution in [3.63, 3.8) is 0 Å². The van der Waals surface area contributed by atoms with Gasteiger partial charge in [0, 0.05) is 35.4 Å². The van der Waals surface area contributed by atoms with Crippen LogP contribution in [0.4, 0.5) is 29.2 Å². The number of anilines is 4. The fraction of sp³-hybridized carbons (Fsp3) is 0.200. The Balaban J connectivity index is 1.55. The number of ether oxygens (including phenoxy) is 1. The van der Waals surface area contributed by atoms with Gasteiger partial charge in [0.25, 0.3) is 5.69 Å². The molecule has 2 aromatic carbocycles. The normalized spacial score (nSPS) is 13.8. The highest BCUT2D eigenvalue weighted by atomic mass is 79.9. The van der Waals surface area contributed by atoms with Crippen molar-refractivity contribution in [3.05, 3.63) is 68.7 Å². The summed E-state index contributed by atoms with van der Waals surface area (Å²) in [4.78, 5) is 25.7. The van der Waals surface area contributed by atoms with E-state index in [4.69, 9.17) is 4.74 Å². The second-order valence-electron chi connectivity index (χ2n) is 6.73. The van der Waals surface area contributed by atoms with Crippen molar-refractivity contribution >= 4 is 51.4 Å². The molecule has 1 aliphatic heterocycles. The molecule has 4 rings (SSSR count). The highest BCUT2D eigenvalue weighted by Gasteiger charge is 2.17. The summed E-state index contributed by atoms with van der Waals surface area (Å²) < 4.78 is 6.39. The minimum absolute atomic E-state index is 0.00448. The lowest BCUT2D eigenvalue weighted by molar-refractivity contribution is -0.384. The number of hydrazone groups is 1. The zero-order valence-corrected chi connectivity index (χ0v) is 18.4. The van der Waals surface area contributed by atoms with E-state index in [1.165, 1.54) is 12.1 Å². The molecule has 0 atom stereocenters. The van der Waals surface area contributed by atoms with E-state index >= 15 is 0 Å². The van der Waals surface area contributed by atoms with Crippen LogP contribution in [-0.4, -0.2) is 52.4 Å². The quantitative estimate of drug-likeness (QED) is 0.285. The number of halogens is 1. The van der Waals surface area contributed by atoms with Gasteiger partial charge in [0.2, 0.25) is 17.8 Å². The van der Waals surface area contributed by atoms with Crippen LogP contribution < -0.4 is 15.6 Å². The molecule has 12 heteroatoms. The number of nitrogens with one attached hydrogen (secondary N) is 2. The Morgan fingerprint density at radius 1 is 1.03 bits per heavy atom. The number of nitro groups is 1. The highest BCUT2D eigenvalue weighted by molar-refractivity contribution is 9.10. The summed E-state index contributed by atoms with van der Waals surface area (Å²) in [6.45, 7) is 2.48. The van der Waals surface area contributed by atoms with Crippen molar-refractivity contribution in [1.29, 1.82) is 0 Å². The van der Waals surface area contributed by atoms with E-state index in [2.05, 4.69) is 46.7 Å². The molecule has 32 heavy (non-hydrogen) atoms. The van der Waals surface area contributed by atoms with Crippen LogP contribution in [0.25, 0.3) is 0 Å². The molecule has 0 spiro atoms. The summed E-state index contributed by atoms with van der Waals surface area (Å²) in [5.41, 5.74) is 4.37. The number of nitro benzene ring substituents is 1. The summed E-state index contributed by atoms with van der Waals surface area (Å²) >= 11 is 3.40. The molecular weight excluding hydrogens is 480 g/mol. The van der Waals surface area contributed by atoms with Crippen LogP contribution in [0.5, 0.6) is 0 Å². The van der Waals surface area contributed by atoms with Crippen LogP contribution >= 0.6 is 15.9 Å². The molecular formula is C20H19BrN8O3. The van der Waals surface area contributed by atoms with Crippen molar-refractivity contribution < 1.29 is 9.66 Å². The van der Waals surface area contributed by atoms with Gasteiger partial charge in [-0.25, -0.2) is 5.43 Å². The fourth-order valence-corrected chi connectivity index (χ4v) is 3.15. The summed E-state index contributed by atoms with van der Waals surface area (Å²) in [6.07, 6.45) is 1.66. The van der Waals surface area contributed by atoms with Crippen LogP contribution in [0.2, 0.25) is 0 Å². The van der Waals surface area contributed by atoms with Gasteiger partial charge in [-0.2, -0.15) is 20.1 Å². The monoisotopic (exact) mass is 498 g/mol. The summed E-state index contributed by atoms with van der Waals surface area (Å²) in [6, 6.07) is 13.7. The first kappa shape index (κ1) is 21.6. The van der Waals surface area contributed by atoms with E-state index in [-0.39, 0.29) is 17.6 Å². The molecule has 0 saturated carbocycles. The summed E-state index contributed by atoms with van der Waals surface area (Å²) in [7, 11) is 0. The largest absolute Gasteiger partial charge is 0.378 e. The summed E-state index contributed by atoms with van der Waals surface area (Å²) in [5, 5.41) is 18.1. The van der Waals surface area contributed by atoms with Crippen molar-refractivity contribution in [1.82, 2.24) is 15.0 Å². The Bertz CT molecular complexity index is 1100. The van der Waals surface area contributed by atoms with Crippen LogP contribution in [0.3, 0.4) is 0 Å². The van der Waals surface area contributed by atoms with E-state index in [0.717, 1.165) is 10.0 Å². The van der Waals surface area contributed by atoms with E-state index in [1.54, 1.807) is 18.3 Å². The first-order chi connectivity index (χ1) is 15.6. The number of hydrogen-bond donors (Lipinski definition) is 2. The third-order valence-electron chi connectivity index (χ3n) is 4.50. The molecule has 1 aromatic heterocycles. The molecule has 0 radical (unpaired) electrons. The van der Waals surface area contributed by atoms with Crippen LogP contribution in [0, 0.1) is 10.1 Å². The molecule has 1 aliphatic rings. The van der Waals surface area contributed by atoms with Gasteiger partial charge in [-0.1, -0.05) is 28.1 Å². The van der Waals surface area contributed by atoms with Gasteiger partial charge in [0.15, 0.2) is 0 Å². The second kappa shape index (κ2) is 10.1. The second-order valence-corrected chi connectivity index (χ2v) is 7.65. The SMILES string of the molecule is O=[N+]([O-])c1ccc(Nc2nc(N/N=C\c3ccc(Br)cc3)nc(N3CCOCC3)n2)cc1. The average molecular weight is 499 g/mol. The van der Waals surface area contributed by atoms with Gasteiger partial charge >= 0.3 is 0 Å². The van der Waals surface area contributed by atoms with Crippen LogP contribution in [0.1, 0.15) is 5.56 Å². The molecule has 2 heterocycles. The van der Waals surface area contributed by atoms with E-state index in [1.807, 2.05) is 29.2 Å². The van der Waals surface area contributed by atoms with Crippen LogP contribution in [-0.2, 0) is 4.74 Å². The lowest BCUT2D eigenvalue weighted by Gasteiger charge is -2.27. The molecule has 1 fully saturated rings. The van der Waals surface area contributed by atoms with Gasteiger partial charge in [0.05, 0.1) is 24.4 Å². The van der Waals surface area contributed by atoms with E-state index < -0.39 is 4.92 Å². The molecule has 2 N–H and O–H groups in total. The number of nitrogens with zero attached hydrogens (tertiary/aromatic N) is 6. The highest BCUT2D eigenvalue weighted by Crippen LogP contribution is 2.21. The van der Waals surface area contributed by atoms with Crippen molar-refractivity contribution in [3.8, 4) is 0 Å². The first-order valence-corrected chi connectivity index (χ1v) is 10.5. The molecule has 0 unspecified atom stereocenters. The molecule has 0 bridgehead atoms. The topological polar surface area (TPSA) is 131 Å². The fourth-order valence-electron chi connectivity index (χ4n) is 2.88. The number of rotatable bonds is 7. The molecule has 0 aliphatic carbocycles. The summed E-state index contributed by atoms with van der Waals surface area (Å²) in [5.74, 6) is 1.03. The Hall–Kier alpha value is -3.64. The van der Waals surface area contributed by atoms with E-state index in [0.29, 0.717) is 37.9 Å². The minimum Gasteiger partial charge on any atom is -0.378 e. The molecule has 164 valence electrons. The predicted octanol–water partition coefficient (Wildman–Crippen LogP) is 3.57. The van der Waals surface area contributed by atoms with Gasteiger partial charge in [0.1, 0.15) is 0 Å². The Labute approximate surface area is 191 Å². The zero-order valence-electron chi connectivity index (χ0n) is 16.8. The lowest BCUT2D eigenvalue weighted by atomic mass is 10.2. The predicted molar refractivity (Wildman–Crippen MR) is 125 cm³/mol. The Morgan fingerprint density at radius 3 is 2.41 bits per heavy atom. The number of morpholine rings is 1. The Kier molecular flexibility index (Phi) is 6.82. The van der Waals surface area contributed by atoms with E-state index in [9.17, 15) is 10.1 Å². The minimum atomic E-state index is -0.450. The van der Waals surface area contributed by atoms with Gasteiger partial charge in [-0.15, -0.1) is 0 Å². The molecule has 11 nitrogen and oxygen atoms in total. The molecule has 1 saturated heterocycles. The van der Waals surface area contributed by atoms with Crippen molar-refractivity contribution in [2.45, 2.75) is 0 Å². The maximum absolute atomic E-state index is 10.9.